The number of hydrogen-bond donors (Lipinski definition) is 1. The van der Waals surface area contributed by atoms with Gasteiger partial charge < -0.3 is 5.32 Å². The number of aromatic nitrogens is 2. The van der Waals surface area contributed by atoms with Gasteiger partial charge in [0.25, 0.3) is 5.56 Å². The van der Waals surface area contributed by atoms with Crippen molar-refractivity contribution in [3.63, 3.8) is 0 Å². The number of nitrogens with zero attached hydrogens (tertiary/aromatic N) is 2. The zero-order valence-corrected chi connectivity index (χ0v) is 14.4. The summed E-state index contributed by atoms with van der Waals surface area (Å²) >= 11 is 0. The van der Waals surface area contributed by atoms with Gasteiger partial charge in [0.1, 0.15) is 6.54 Å². The minimum atomic E-state index is -0.234. The molecule has 1 aromatic carbocycles. The van der Waals surface area contributed by atoms with Gasteiger partial charge in [0, 0.05) is 11.8 Å². The molecule has 1 atom stereocenters. The Morgan fingerprint density at radius 1 is 1.38 bits per heavy atom. The lowest BCUT2D eigenvalue weighted by Gasteiger charge is -2.20. The number of carbonyl (C=O) groups is 1. The summed E-state index contributed by atoms with van der Waals surface area (Å²) in [7, 11) is 0. The van der Waals surface area contributed by atoms with Crippen LogP contribution in [0.5, 0.6) is 0 Å². The second kappa shape index (κ2) is 6.59. The summed E-state index contributed by atoms with van der Waals surface area (Å²) in [6.45, 7) is 6.10. The lowest BCUT2D eigenvalue weighted by Crippen LogP contribution is -2.32. The fourth-order valence-electron chi connectivity index (χ4n) is 3.14. The summed E-state index contributed by atoms with van der Waals surface area (Å²) in [5.74, 6) is 0.351. The monoisotopic (exact) mass is 325 g/mol. The number of benzene rings is 1. The number of anilines is 1. The summed E-state index contributed by atoms with van der Waals surface area (Å²) in [6.07, 6.45) is 2.84. The molecule has 5 nitrogen and oxygen atoms in total. The Balaban J connectivity index is 1.77. The molecule has 1 aliphatic rings. The van der Waals surface area contributed by atoms with Crippen LogP contribution in [0.4, 0.5) is 5.69 Å². The number of amides is 1. The maximum atomic E-state index is 12.3. The van der Waals surface area contributed by atoms with Crippen molar-refractivity contribution in [2.24, 2.45) is 5.92 Å². The molecule has 126 valence electrons. The van der Waals surface area contributed by atoms with Crippen molar-refractivity contribution in [2.75, 3.05) is 5.32 Å². The smallest absolute Gasteiger partial charge is 0.267 e. The first-order chi connectivity index (χ1) is 11.4. The van der Waals surface area contributed by atoms with Crippen LogP contribution in [0, 0.1) is 19.8 Å². The van der Waals surface area contributed by atoms with Gasteiger partial charge in [-0.15, -0.1) is 0 Å². The second-order valence-electron chi connectivity index (χ2n) is 6.76. The van der Waals surface area contributed by atoms with Gasteiger partial charge in [0.15, 0.2) is 0 Å². The van der Waals surface area contributed by atoms with Gasteiger partial charge in [-0.05, 0) is 61.8 Å². The maximum absolute atomic E-state index is 12.3. The quantitative estimate of drug-likeness (QED) is 0.943. The summed E-state index contributed by atoms with van der Waals surface area (Å²) in [5.41, 5.74) is 4.70. The molecule has 1 heterocycles. The highest BCUT2D eigenvalue weighted by Gasteiger charge is 2.19. The van der Waals surface area contributed by atoms with Crippen molar-refractivity contribution >= 4 is 11.6 Å². The van der Waals surface area contributed by atoms with E-state index in [0.29, 0.717) is 5.92 Å². The highest BCUT2D eigenvalue weighted by Crippen LogP contribution is 2.22. The molecule has 3 rings (SSSR count). The number of hydrogen-bond acceptors (Lipinski definition) is 3. The van der Waals surface area contributed by atoms with Gasteiger partial charge in [-0.2, -0.15) is 5.10 Å². The molecule has 0 spiro atoms. The van der Waals surface area contributed by atoms with E-state index in [2.05, 4.69) is 17.3 Å². The third-order valence-corrected chi connectivity index (χ3v) is 4.78. The molecule has 1 unspecified atom stereocenters. The molecular weight excluding hydrogens is 302 g/mol. The van der Waals surface area contributed by atoms with Crippen molar-refractivity contribution in [2.45, 2.75) is 46.6 Å². The number of carbonyl (C=O) groups excluding carboxylic acids is 1. The van der Waals surface area contributed by atoms with Crippen molar-refractivity contribution in [1.29, 1.82) is 0 Å². The first-order valence-corrected chi connectivity index (χ1v) is 8.40. The van der Waals surface area contributed by atoms with Crippen molar-refractivity contribution < 1.29 is 4.79 Å². The molecule has 1 N–H and O–H groups in total. The second-order valence-corrected chi connectivity index (χ2v) is 6.76. The van der Waals surface area contributed by atoms with E-state index in [4.69, 9.17) is 0 Å². The molecule has 2 aromatic rings. The van der Waals surface area contributed by atoms with Crippen LogP contribution in [0.25, 0.3) is 0 Å². The van der Waals surface area contributed by atoms with E-state index in [9.17, 15) is 9.59 Å². The summed E-state index contributed by atoms with van der Waals surface area (Å²) in [4.78, 5) is 24.5. The van der Waals surface area contributed by atoms with Crippen LogP contribution in [-0.4, -0.2) is 15.7 Å². The Labute approximate surface area is 141 Å². The van der Waals surface area contributed by atoms with Crippen LogP contribution >= 0.6 is 0 Å². The van der Waals surface area contributed by atoms with E-state index in [1.165, 1.54) is 4.68 Å². The molecule has 0 bridgehead atoms. The highest BCUT2D eigenvalue weighted by molar-refractivity contribution is 5.91. The Morgan fingerprint density at radius 2 is 2.17 bits per heavy atom. The minimum Gasteiger partial charge on any atom is -0.324 e. The topological polar surface area (TPSA) is 64.0 Å². The van der Waals surface area contributed by atoms with E-state index >= 15 is 0 Å². The predicted molar refractivity (Wildman–Crippen MR) is 94.2 cm³/mol. The molecular formula is C19H23N3O2. The highest BCUT2D eigenvalue weighted by atomic mass is 16.2. The Kier molecular flexibility index (Phi) is 4.51. The lowest BCUT2D eigenvalue weighted by atomic mass is 9.88. The van der Waals surface area contributed by atoms with Crippen molar-refractivity contribution in [3.05, 3.63) is 57.0 Å². The summed E-state index contributed by atoms with van der Waals surface area (Å²) < 4.78 is 1.27. The number of nitrogens with one attached hydrogen (secondary N) is 1. The van der Waals surface area contributed by atoms with Crippen molar-refractivity contribution in [1.82, 2.24) is 9.78 Å². The Bertz CT molecular complexity index is 839. The van der Waals surface area contributed by atoms with E-state index in [-0.39, 0.29) is 18.0 Å². The number of aryl methyl sites for hydroxylation is 2. The molecule has 5 heteroatoms. The van der Waals surface area contributed by atoms with Gasteiger partial charge in [-0.1, -0.05) is 19.1 Å². The normalized spacial score (nSPS) is 16.5. The SMILES string of the molecule is Cc1cccc(NC(=O)Cn2nc3c(cc2=O)CC(C)CC3)c1C. The van der Waals surface area contributed by atoms with Gasteiger partial charge >= 0.3 is 0 Å². The Hall–Kier alpha value is -2.43. The maximum Gasteiger partial charge on any atom is 0.267 e. The van der Waals surface area contributed by atoms with Crippen LogP contribution in [0.1, 0.15) is 35.7 Å². The largest absolute Gasteiger partial charge is 0.324 e. The van der Waals surface area contributed by atoms with E-state index in [1.807, 2.05) is 32.0 Å². The molecule has 0 saturated heterocycles. The zero-order chi connectivity index (χ0) is 17.3. The average Bonchev–Trinajstić information content (AvgIpc) is 2.53. The molecule has 0 fully saturated rings. The molecule has 1 aromatic heterocycles. The predicted octanol–water partition coefficient (Wildman–Crippen LogP) is 2.62. The number of fused-ring (bicyclic) bond motifs is 1. The molecule has 24 heavy (non-hydrogen) atoms. The Morgan fingerprint density at radius 3 is 2.96 bits per heavy atom. The van der Waals surface area contributed by atoms with Gasteiger partial charge in [-0.25, -0.2) is 4.68 Å². The van der Waals surface area contributed by atoms with Gasteiger partial charge in [-0.3, -0.25) is 9.59 Å². The van der Waals surface area contributed by atoms with Crippen LogP contribution in [0.2, 0.25) is 0 Å². The zero-order valence-electron chi connectivity index (χ0n) is 14.4. The van der Waals surface area contributed by atoms with Gasteiger partial charge in [0.05, 0.1) is 5.69 Å². The van der Waals surface area contributed by atoms with Crippen LogP contribution in [-0.2, 0) is 24.2 Å². The first kappa shape index (κ1) is 16.4. The molecule has 0 aliphatic heterocycles. The van der Waals surface area contributed by atoms with Crippen LogP contribution < -0.4 is 10.9 Å². The molecule has 0 radical (unpaired) electrons. The first-order valence-electron chi connectivity index (χ1n) is 8.40. The van der Waals surface area contributed by atoms with Crippen LogP contribution in [0.3, 0.4) is 0 Å². The fourth-order valence-corrected chi connectivity index (χ4v) is 3.14. The van der Waals surface area contributed by atoms with E-state index in [1.54, 1.807) is 6.07 Å². The fraction of sp³-hybridized carbons (Fsp3) is 0.421. The lowest BCUT2D eigenvalue weighted by molar-refractivity contribution is -0.117. The van der Waals surface area contributed by atoms with Crippen molar-refractivity contribution in [3.8, 4) is 0 Å². The summed E-state index contributed by atoms with van der Waals surface area (Å²) in [6, 6.07) is 7.41. The van der Waals surface area contributed by atoms with E-state index < -0.39 is 0 Å². The molecule has 0 saturated carbocycles. The van der Waals surface area contributed by atoms with E-state index in [0.717, 1.165) is 47.3 Å². The summed E-state index contributed by atoms with van der Waals surface area (Å²) in [5, 5.41) is 7.29. The minimum absolute atomic E-state index is 0.0605. The third kappa shape index (κ3) is 3.40. The standard InChI is InChI=1S/C19H23N3O2/c1-12-7-8-17-15(9-12)10-19(24)22(21-17)11-18(23)20-16-6-4-5-13(2)14(16)3/h4-6,10,12H,7-9,11H2,1-3H3,(H,20,23). The number of rotatable bonds is 3. The average molecular weight is 325 g/mol. The van der Waals surface area contributed by atoms with Gasteiger partial charge in [0.2, 0.25) is 5.91 Å². The third-order valence-electron chi connectivity index (χ3n) is 4.78. The van der Waals surface area contributed by atoms with Crippen LogP contribution in [0.15, 0.2) is 29.1 Å². The molecule has 1 aliphatic carbocycles. The molecule has 1 amide bonds.